The van der Waals surface area contributed by atoms with E-state index in [2.05, 4.69) is 0 Å². The van der Waals surface area contributed by atoms with Gasteiger partial charge in [-0.05, 0) is 37.3 Å². The summed E-state index contributed by atoms with van der Waals surface area (Å²) in [4.78, 5) is 11.2. The summed E-state index contributed by atoms with van der Waals surface area (Å²) >= 11 is 5.88. The van der Waals surface area contributed by atoms with Gasteiger partial charge in [0.15, 0.2) is 5.76 Å². The molecule has 0 saturated carbocycles. The molecule has 0 atom stereocenters. The first kappa shape index (κ1) is 19.4. The zero-order valence-electron chi connectivity index (χ0n) is 13.5. The summed E-state index contributed by atoms with van der Waals surface area (Å²) < 4.78 is 56.9. The summed E-state index contributed by atoms with van der Waals surface area (Å²) in [7, 11) is -5.68. The van der Waals surface area contributed by atoms with Crippen LogP contribution in [0.25, 0.3) is 0 Å². The fraction of sp³-hybridized carbons (Fsp3) is 0.214. The number of carbonyl (C=O) groups is 1. The van der Waals surface area contributed by atoms with Crippen molar-refractivity contribution in [3.63, 3.8) is 0 Å². The van der Waals surface area contributed by atoms with E-state index in [1.54, 1.807) is 11.6 Å². The van der Waals surface area contributed by atoms with Gasteiger partial charge in [0.05, 0.1) is 9.92 Å². The van der Waals surface area contributed by atoms with Gasteiger partial charge in [-0.15, -0.1) is 0 Å². The van der Waals surface area contributed by atoms with E-state index in [1.165, 1.54) is 32.3 Å². The van der Waals surface area contributed by atoms with Gasteiger partial charge in [-0.25, -0.2) is 25.9 Å². The Balaban J connectivity index is 2.44. The molecule has 1 N–H and O–H groups in total. The van der Waals surface area contributed by atoms with E-state index >= 15 is 0 Å². The molecule has 0 unspecified atom stereocenters. The third-order valence-electron chi connectivity index (χ3n) is 3.16. The van der Waals surface area contributed by atoms with E-state index in [0.717, 1.165) is 16.4 Å². The zero-order chi connectivity index (χ0) is 19.0. The van der Waals surface area contributed by atoms with Crippen molar-refractivity contribution < 1.29 is 26.0 Å². The van der Waals surface area contributed by atoms with E-state index in [1.807, 2.05) is 0 Å². The highest BCUT2D eigenvalue weighted by Crippen LogP contribution is 2.26. The van der Waals surface area contributed by atoms with Gasteiger partial charge < -0.3 is 4.42 Å². The lowest BCUT2D eigenvalue weighted by Gasteiger charge is -2.13. The Morgan fingerprint density at radius 3 is 2.28 bits per heavy atom. The van der Waals surface area contributed by atoms with Crippen LogP contribution in [0.3, 0.4) is 0 Å². The summed E-state index contributed by atoms with van der Waals surface area (Å²) in [5.41, 5.74) is 0. The van der Waals surface area contributed by atoms with Crippen molar-refractivity contribution in [2.24, 2.45) is 0 Å². The molecule has 8 nitrogen and oxygen atoms in total. The smallest absolute Gasteiger partial charge is 0.300 e. The molecule has 25 heavy (non-hydrogen) atoms. The molecule has 0 radical (unpaired) electrons. The second kappa shape index (κ2) is 6.79. The van der Waals surface area contributed by atoms with Crippen molar-refractivity contribution in [1.82, 2.24) is 9.03 Å². The first-order chi connectivity index (χ1) is 11.4. The minimum atomic E-state index is -4.41. The van der Waals surface area contributed by atoms with Gasteiger partial charge in [-0.3, -0.25) is 4.79 Å². The minimum absolute atomic E-state index is 0.200. The number of rotatable bonds is 5. The summed E-state index contributed by atoms with van der Waals surface area (Å²) in [6, 6.07) is 6.01. The van der Waals surface area contributed by atoms with Gasteiger partial charge in [-0.2, -0.15) is 0 Å². The van der Waals surface area contributed by atoms with Crippen molar-refractivity contribution in [3.05, 3.63) is 46.9 Å². The van der Waals surface area contributed by atoms with Gasteiger partial charge in [-0.1, -0.05) is 11.6 Å². The lowest BCUT2D eigenvalue weighted by atomic mass is 10.4. The molecule has 136 valence electrons. The van der Waals surface area contributed by atoms with Crippen LogP contribution in [0.1, 0.15) is 16.3 Å². The molecule has 1 aromatic heterocycles. The summed E-state index contributed by atoms with van der Waals surface area (Å²) in [6.07, 6.45) is 0. The van der Waals surface area contributed by atoms with Crippen molar-refractivity contribution in [2.75, 3.05) is 14.1 Å². The molecule has 0 spiro atoms. The number of nitrogens with one attached hydrogen (secondary N) is 1. The number of amides is 1. The maximum absolute atomic E-state index is 12.4. The van der Waals surface area contributed by atoms with Gasteiger partial charge in [0.1, 0.15) is 10.7 Å². The van der Waals surface area contributed by atoms with Crippen LogP contribution >= 0.6 is 11.6 Å². The highest BCUT2D eigenvalue weighted by atomic mass is 35.5. The Labute approximate surface area is 150 Å². The van der Waals surface area contributed by atoms with E-state index in [-0.39, 0.29) is 15.7 Å². The maximum atomic E-state index is 12.4. The zero-order valence-corrected chi connectivity index (χ0v) is 15.9. The molecular weight excluding hydrogens is 392 g/mol. The quantitative estimate of drug-likeness (QED) is 0.806. The number of aryl methyl sites for hydroxylation is 1. The Bertz CT molecular complexity index is 1030. The predicted octanol–water partition coefficient (Wildman–Crippen LogP) is 1.61. The van der Waals surface area contributed by atoms with Crippen molar-refractivity contribution in [2.45, 2.75) is 16.7 Å². The number of nitrogens with zero attached hydrogens (tertiary/aromatic N) is 1. The first-order valence-electron chi connectivity index (χ1n) is 6.81. The van der Waals surface area contributed by atoms with Crippen LogP contribution in [0, 0.1) is 6.92 Å². The average Bonchev–Trinajstić information content (AvgIpc) is 2.93. The number of hydrogen-bond donors (Lipinski definition) is 1. The fourth-order valence-electron chi connectivity index (χ4n) is 1.84. The molecule has 11 heteroatoms. The van der Waals surface area contributed by atoms with Crippen molar-refractivity contribution in [3.8, 4) is 0 Å². The molecule has 0 fully saturated rings. The van der Waals surface area contributed by atoms with Gasteiger partial charge in [0.25, 0.3) is 10.0 Å². The second-order valence-electron chi connectivity index (χ2n) is 5.22. The summed E-state index contributed by atoms with van der Waals surface area (Å²) in [6.45, 7) is 1.59. The molecule has 0 bridgehead atoms. The van der Waals surface area contributed by atoms with Crippen LogP contribution < -0.4 is 4.72 Å². The molecule has 1 heterocycles. The topological polar surface area (TPSA) is 114 Å². The molecule has 1 amide bonds. The van der Waals surface area contributed by atoms with Gasteiger partial charge >= 0.3 is 5.91 Å². The average molecular weight is 407 g/mol. The predicted molar refractivity (Wildman–Crippen MR) is 90.4 cm³/mol. The van der Waals surface area contributed by atoms with Crippen LogP contribution in [0.2, 0.25) is 5.02 Å². The SMILES string of the molecule is Cc1ccc(C(=O)NS(=O)(=O)c2cc(S(=O)(=O)N(C)C)ccc2Cl)o1. The largest absolute Gasteiger partial charge is 0.456 e. The number of sulfonamides is 2. The molecule has 0 aliphatic carbocycles. The van der Waals surface area contributed by atoms with Crippen LogP contribution in [-0.2, 0) is 20.0 Å². The maximum Gasteiger partial charge on any atom is 0.300 e. The van der Waals surface area contributed by atoms with Crippen LogP contribution in [-0.4, -0.2) is 41.1 Å². The van der Waals surface area contributed by atoms with Crippen molar-refractivity contribution in [1.29, 1.82) is 0 Å². The standard InChI is InChI=1S/C14H15ClN2O6S2/c1-9-4-7-12(23-9)14(18)16-24(19,20)13-8-10(5-6-11(13)15)25(21,22)17(2)3/h4-8H,1-3H3,(H,16,18). The van der Waals surface area contributed by atoms with Crippen LogP contribution in [0.5, 0.6) is 0 Å². The molecule has 2 rings (SSSR count). The number of carbonyl (C=O) groups excluding carboxylic acids is 1. The van der Waals surface area contributed by atoms with E-state index in [4.69, 9.17) is 16.0 Å². The van der Waals surface area contributed by atoms with Gasteiger partial charge in [0.2, 0.25) is 10.0 Å². The Morgan fingerprint density at radius 2 is 1.76 bits per heavy atom. The number of hydrogen-bond acceptors (Lipinski definition) is 6. The minimum Gasteiger partial charge on any atom is -0.456 e. The number of benzene rings is 1. The lowest BCUT2D eigenvalue weighted by molar-refractivity contribution is 0.0953. The third-order valence-corrected chi connectivity index (χ3v) is 6.79. The highest BCUT2D eigenvalue weighted by Gasteiger charge is 2.26. The van der Waals surface area contributed by atoms with E-state index in [0.29, 0.717) is 5.76 Å². The van der Waals surface area contributed by atoms with E-state index < -0.39 is 30.8 Å². The Hall–Kier alpha value is -1.88. The lowest BCUT2D eigenvalue weighted by Crippen LogP contribution is -2.31. The molecule has 2 aromatic rings. The van der Waals surface area contributed by atoms with Gasteiger partial charge in [0, 0.05) is 14.1 Å². The monoisotopic (exact) mass is 406 g/mol. The number of furan rings is 1. The molecule has 1 aromatic carbocycles. The summed E-state index contributed by atoms with van der Waals surface area (Å²) in [5.74, 6) is -0.765. The normalized spacial score (nSPS) is 12.4. The molecule has 0 aliphatic heterocycles. The second-order valence-corrected chi connectivity index (χ2v) is 9.43. The highest BCUT2D eigenvalue weighted by molar-refractivity contribution is 7.90. The Kier molecular flexibility index (Phi) is 5.28. The summed E-state index contributed by atoms with van der Waals surface area (Å²) in [5, 5.41) is -0.228. The molecule has 0 saturated heterocycles. The van der Waals surface area contributed by atoms with Crippen molar-refractivity contribution >= 4 is 37.6 Å². The number of halogens is 1. The fourth-order valence-corrected chi connectivity index (χ4v) is 4.33. The van der Waals surface area contributed by atoms with Crippen LogP contribution in [0.4, 0.5) is 0 Å². The van der Waals surface area contributed by atoms with Crippen LogP contribution in [0.15, 0.2) is 44.5 Å². The Morgan fingerprint density at radius 1 is 1.12 bits per heavy atom. The third kappa shape index (κ3) is 4.03. The van der Waals surface area contributed by atoms with E-state index in [9.17, 15) is 21.6 Å². The molecule has 0 aliphatic rings. The first-order valence-corrected chi connectivity index (χ1v) is 10.1. The molecular formula is C14H15ClN2O6S2.